The Labute approximate surface area is 89.9 Å². The summed E-state index contributed by atoms with van der Waals surface area (Å²) >= 11 is 0. The van der Waals surface area contributed by atoms with Gasteiger partial charge in [0.25, 0.3) is 0 Å². The third kappa shape index (κ3) is 2.38. The first kappa shape index (κ1) is 10.6. The summed E-state index contributed by atoms with van der Waals surface area (Å²) in [6.07, 6.45) is 3.27. The van der Waals surface area contributed by atoms with Crippen molar-refractivity contribution in [3.05, 3.63) is 17.8 Å². The van der Waals surface area contributed by atoms with E-state index in [1.807, 2.05) is 0 Å². The van der Waals surface area contributed by atoms with Crippen LogP contribution in [-0.4, -0.2) is 35.1 Å². The van der Waals surface area contributed by atoms with E-state index in [0.717, 1.165) is 31.8 Å². The Bertz CT molecular complexity index is 314. The molecule has 1 saturated heterocycles. The van der Waals surface area contributed by atoms with Gasteiger partial charge in [0.1, 0.15) is 6.10 Å². The highest BCUT2D eigenvalue weighted by Gasteiger charge is 2.23. The number of aliphatic hydroxyl groups is 1. The second-order valence-corrected chi connectivity index (χ2v) is 4.35. The minimum Gasteiger partial charge on any atom is -0.443 e. The van der Waals surface area contributed by atoms with Gasteiger partial charge in [-0.05, 0) is 39.9 Å². The van der Waals surface area contributed by atoms with Gasteiger partial charge in [0.15, 0.2) is 11.7 Å². The molecule has 2 heterocycles. The number of hydrogen-bond donors (Lipinski definition) is 1. The Morgan fingerprint density at radius 3 is 2.73 bits per heavy atom. The number of piperidine rings is 1. The molecule has 0 aromatic carbocycles. The summed E-state index contributed by atoms with van der Waals surface area (Å²) in [6, 6.07) is 0. The molecule has 15 heavy (non-hydrogen) atoms. The third-order valence-corrected chi connectivity index (χ3v) is 3.02. The van der Waals surface area contributed by atoms with E-state index in [1.165, 1.54) is 0 Å². The fraction of sp³-hybridized carbons (Fsp3) is 0.727. The quantitative estimate of drug-likeness (QED) is 0.804. The van der Waals surface area contributed by atoms with Crippen molar-refractivity contribution in [1.29, 1.82) is 0 Å². The number of nitrogens with zero attached hydrogens (tertiary/aromatic N) is 2. The summed E-state index contributed by atoms with van der Waals surface area (Å²) in [7, 11) is 2.13. The molecule has 0 spiro atoms. The number of aliphatic hydroxyl groups excluding tert-OH is 1. The maximum Gasteiger partial charge on any atom is 0.197 e. The second-order valence-electron chi connectivity index (χ2n) is 4.35. The molecule has 84 valence electrons. The van der Waals surface area contributed by atoms with Crippen LogP contribution in [0.5, 0.6) is 0 Å². The Morgan fingerprint density at radius 2 is 2.20 bits per heavy atom. The maximum atomic E-state index is 9.34. The van der Waals surface area contributed by atoms with Gasteiger partial charge in [0, 0.05) is 5.92 Å². The highest BCUT2D eigenvalue weighted by atomic mass is 16.4. The van der Waals surface area contributed by atoms with E-state index in [2.05, 4.69) is 16.9 Å². The van der Waals surface area contributed by atoms with Gasteiger partial charge < -0.3 is 14.4 Å². The van der Waals surface area contributed by atoms with Gasteiger partial charge in [-0.25, -0.2) is 4.98 Å². The Kier molecular flexibility index (Phi) is 3.07. The van der Waals surface area contributed by atoms with Crippen LogP contribution in [0.2, 0.25) is 0 Å². The summed E-state index contributed by atoms with van der Waals surface area (Å²) in [4.78, 5) is 6.56. The summed E-state index contributed by atoms with van der Waals surface area (Å²) < 4.78 is 5.54. The molecule has 0 amide bonds. The molecule has 0 saturated carbocycles. The van der Waals surface area contributed by atoms with Crippen molar-refractivity contribution in [2.75, 3.05) is 20.1 Å². The monoisotopic (exact) mass is 210 g/mol. The highest BCUT2D eigenvalue weighted by Crippen LogP contribution is 2.28. The molecule has 1 aliphatic heterocycles. The lowest BCUT2D eigenvalue weighted by Crippen LogP contribution is -2.29. The van der Waals surface area contributed by atoms with Crippen molar-refractivity contribution in [1.82, 2.24) is 9.88 Å². The molecule has 0 aliphatic carbocycles. The molecule has 4 heteroatoms. The van der Waals surface area contributed by atoms with Gasteiger partial charge in [-0.15, -0.1) is 0 Å². The standard InChI is InChI=1S/C11H18N2O2/c1-8(14)10-7-12-11(15-10)9-3-5-13(2)6-4-9/h7-9,14H,3-6H2,1-2H3. The molecule has 1 unspecified atom stereocenters. The van der Waals surface area contributed by atoms with Crippen LogP contribution in [0.15, 0.2) is 10.6 Å². The van der Waals surface area contributed by atoms with Gasteiger partial charge in [0.2, 0.25) is 0 Å². The van der Waals surface area contributed by atoms with Gasteiger partial charge in [0.05, 0.1) is 6.20 Å². The fourth-order valence-electron chi connectivity index (χ4n) is 1.94. The lowest BCUT2D eigenvalue weighted by atomic mass is 9.97. The molecule has 1 aliphatic rings. The molecule has 2 rings (SSSR count). The average molecular weight is 210 g/mol. The molecule has 1 fully saturated rings. The van der Waals surface area contributed by atoms with Crippen LogP contribution < -0.4 is 0 Å². The van der Waals surface area contributed by atoms with E-state index in [1.54, 1.807) is 13.1 Å². The first-order valence-electron chi connectivity index (χ1n) is 5.49. The predicted octanol–water partition coefficient (Wildman–Crippen LogP) is 1.54. The van der Waals surface area contributed by atoms with Crippen LogP contribution in [-0.2, 0) is 0 Å². The van der Waals surface area contributed by atoms with Crippen LogP contribution >= 0.6 is 0 Å². The lowest BCUT2D eigenvalue weighted by Gasteiger charge is -2.26. The molecular formula is C11H18N2O2. The molecule has 0 bridgehead atoms. The largest absolute Gasteiger partial charge is 0.443 e. The van der Waals surface area contributed by atoms with Crippen molar-refractivity contribution >= 4 is 0 Å². The van der Waals surface area contributed by atoms with Crippen molar-refractivity contribution in [3.8, 4) is 0 Å². The van der Waals surface area contributed by atoms with Gasteiger partial charge in [-0.1, -0.05) is 0 Å². The first-order chi connectivity index (χ1) is 7.16. The number of oxazole rings is 1. The molecule has 1 aromatic heterocycles. The van der Waals surface area contributed by atoms with Crippen molar-refractivity contribution in [2.45, 2.75) is 31.8 Å². The zero-order valence-corrected chi connectivity index (χ0v) is 9.31. The van der Waals surface area contributed by atoms with Crippen molar-refractivity contribution < 1.29 is 9.52 Å². The highest BCUT2D eigenvalue weighted by molar-refractivity contribution is 5.02. The summed E-state index contributed by atoms with van der Waals surface area (Å²) in [5.74, 6) is 1.79. The molecule has 1 atom stereocenters. The Balaban J connectivity index is 2.03. The first-order valence-corrected chi connectivity index (χ1v) is 5.49. The molecule has 1 aromatic rings. The number of hydrogen-bond acceptors (Lipinski definition) is 4. The van der Waals surface area contributed by atoms with Gasteiger partial charge in [-0.2, -0.15) is 0 Å². The smallest absolute Gasteiger partial charge is 0.197 e. The maximum absolute atomic E-state index is 9.34. The van der Waals surface area contributed by atoms with Gasteiger partial charge >= 0.3 is 0 Å². The molecule has 4 nitrogen and oxygen atoms in total. The average Bonchev–Trinajstić information content (AvgIpc) is 2.68. The molecule has 0 radical (unpaired) electrons. The van der Waals surface area contributed by atoms with E-state index in [4.69, 9.17) is 4.42 Å². The van der Waals surface area contributed by atoms with Crippen LogP contribution in [0, 0.1) is 0 Å². The number of likely N-dealkylation sites (tertiary alicyclic amines) is 1. The summed E-state index contributed by atoms with van der Waals surface area (Å²) in [6.45, 7) is 3.88. The molecule has 1 N–H and O–H groups in total. The minimum absolute atomic E-state index is 0.425. The van der Waals surface area contributed by atoms with E-state index >= 15 is 0 Å². The van der Waals surface area contributed by atoms with Crippen LogP contribution in [0.1, 0.15) is 43.4 Å². The van der Waals surface area contributed by atoms with E-state index in [0.29, 0.717) is 11.7 Å². The predicted molar refractivity (Wildman–Crippen MR) is 56.6 cm³/mol. The number of aromatic nitrogens is 1. The third-order valence-electron chi connectivity index (χ3n) is 3.02. The van der Waals surface area contributed by atoms with Crippen molar-refractivity contribution in [2.24, 2.45) is 0 Å². The Morgan fingerprint density at radius 1 is 1.53 bits per heavy atom. The van der Waals surface area contributed by atoms with E-state index in [-0.39, 0.29) is 0 Å². The second kappa shape index (κ2) is 4.33. The lowest BCUT2D eigenvalue weighted by molar-refractivity contribution is 0.162. The fourth-order valence-corrected chi connectivity index (χ4v) is 1.94. The van der Waals surface area contributed by atoms with E-state index < -0.39 is 6.10 Å². The summed E-state index contributed by atoms with van der Waals surface area (Å²) in [5.41, 5.74) is 0. The zero-order valence-electron chi connectivity index (χ0n) is 9.31. The normalized spacial score (nSPS) is 21.8. The van der Waals surface area contributed by atoms with Crippen molar-refractivity contribution in [3.63, 3.8) is 0 Å². The topological polar surface area (TPSA) is 49.5 Å². The summed E-state index contributed by atoms with van der Waals surface area (Å²) in [5, 5.41) is 9.34. The van der Waals surface area contributed by atoms with Gasteiger partial charge in [-0.3, -0.25) is 0 Å². The van der Waals surface area contributed by atoms with Crippen LogP contribution in [0.4, 0.5) is 0 Å². The number of rotatable bonds is 2. The SMILES string of the molecule is CC(O)c1cnc(C2CCN(C)CC2)o1. The molecular weight excluding hydrogens is 192 g/mol. The zero-order chi connectivity index (χ0) is 10.8. The van der Waals surface area contributed by atoms with E-state index in [9.17, 15) is 5.11 Å². The minimum atomic E-state index is -0.558. The Hall–Kier alpha value is -0.870. The van der Waals surface area contributed by atoms with Crippen LogP contribution in [0.3, 0.4) is 0 Å². The van der Waals surface area contributed by atoms with Crippen LogP contribution in [0.25, 0.3) is 0 Å².